The summed E-state index contributed by atoms with van der Waals surface area (Å²) in [6.45, 7) is 8.15. The smallest absolute Gasteiger partial charge is 0.228 e. The van der Waals surface area contributed by atoms with Gasteiger partial charge in [-0.25, -0.2) is 4.98 Å². The van der Waals surface area contributed by atoms with Crippen molar-refractivity contribution < 1.29 is 4.74 Å². The van der Waals surface area contributed by atoms with Crippen molar-refractivity contribution in [2.24, 2.45) is 0 Å². The molecular formula is C17H22N4O. The number of aryl methyl sites for hydroxylation is 1. The fourth-order valence-electron chi connectivity index (χ4n) is 2.82. The second kappa shape index (κ2) is 6.22. The molecule has 0 N–H and O–H groups in total. The molecule has 1 aromatic carbocycles. The SMILES string of the molecule is COc1ccnc(N2CCN(c3cccc(C)c3C)CC2)n1. The standard InChI is InChI=1S/C17H22N4O/c1-13-5-4-6-15(14(13)2)20-9-11-21(12-10-20)17-18-8-7-16(19-17)22-3/h4-8H,9-12H2,1-3H3. The summed E-state index contributed by atoms with van der Waals surface area (Å²) < 4.78 is 5.18. The third kappa shape index (κ3) is 2.84. The van der Waals surface area contributed by atoms with Crippen LogP contribution in [0.3, 0.4) is 0 Å². The molecular weight excluding hydrogens is 276 g/mol. The number of aromatic nitrogens is 2. The molecule has 116 valence electrons. The second-order valence-electron chi connectivity index (χ2n) is 5.59. The van der Waals surface area contributed by atoms with Crippen molar-refractivity contribution >= 4 is 11.6 Å². The Bertz CT molecular complexity index is 651. The van der Waals surface area contributed by atoms with E-state index in [1.54, 1.807) is 19.4 Å². The van der Waals surface area contributed by atoms with Crippen LogP contribution in [0.4, 0.5) is 11.6 Å². The van der Waals surface area contributed by atoms with Gasteiger partial charge in [-0.15, -0.1) is 0 Å². The van der Waals surface area contributed by atoms with Crippen LogP contribution in [0.25, 0.3) is 0 Å². The summed E-state index contributed by atoms with van der Waals surface area (Å²) in [5, 5.41) is 0. The van der Waals surface area contributed by atoms with Crippen LogP contribution in [-0.4, -0.2) is 43.3 Å². The number of hydrogen-bond acceptors (Lipinski definition) is 5. The van der Waals surface area contributed by atoms with Crippen LogP contribution < -0.4 is 14.5 Å². The summed E-state index contributed by atoms with van der Waals surface area (Å²) in [7, 11) is 1.63. The molecule has 0 radical (unpaired) electrons. The lowest BCUT2D eigenvalue weighted by molar-refractivity contribution is 0.396. The highest BCUT2D eigenvalue weighted by atomic mass is 16.5. The molecule has 5 nitrogen and oxygen atoms in total. The van der Waals surface area contributed by atoms with E-state index >= 15 is 0 Å². The van der Waals surface area contributed by atoms with Crippen LogP contribution in [0.2, 0.25) is 0 Å². The largest absolute Gasteiger partial charge is 0.481 e. The van der Waals surface area contributed by atoms with E-state index in [1.807, 2.05) is 0 Å². The van der Waals surface area contributed by atoms with E-state index in [4.69, 9.17) is 4.74 Å². The van der Waals surface area contributed by atoms with E-state index in [0.29, 0.717) is 5.88 Å². The zero-order valence-electron chi connectivity index (χ0n) is 13.4. The number of piperazine rings is 1. The van der Waals surface area contributed by atoms with Gasteiger partial charge in [0.2, 0.25) is 11.8 Å². The second-order valence-corrected chi connectivity index (χ2v) is 5.59. The molecule has 0 saturated carbocycles. The quantitative estimate of drug-likeness (QED) is 0.870. The molecule has 1 aliphatic rings. The molecule has 1 aliphatic heterocycles. The first-order valence-electron chi connectivity index (χ1n) is 7.62. The van der Waals surface area contributed by atoms with Crippen molar-refractivity contribution in [3.63, 3.8) is 0 Å². The van der Waals surface area contributed by atoms with Crippen molar-refractivity contribution in [2.45, 2.75) is 13.8 Å². The lowest BCUT2D eigenvalue weighted by atomic mass is 10.1. The zero-order valence-corrected chi connectivity index (χ0v) is 13.4. The van der Waals surface area contributed by atoms with Gasteiger partial charge in [0.25, 0.3) is 0 Å². The number of anilines is 2. The van der Waals surface area contributed by atoms with Crippen LogP contribution in [-0.2, 0) is 0 Å². The summed E-state index contributed by atoms with van der Waals surface area (Å²) in [6, 6.07) is 8.28. The monoisotopic (exact) mass is 298 g/mol. The molecule has 0 bridgehead atoms. The van der Waals surface area contributed by atoms with E-state index in [1.165, 1.54) is 16.8 Å². The molecule has 22 heavy (non-hydrogen) atoms. The summed E-state index contributed by atoms with van der Waals surface area (Å²) in [6.07, 6.45) is 1.75. The lowest BCUT2D eigenvalue weighted by Crippen LogP contribution is -2.47. The average molecular weight is 298 g/mol. The molecule has 5 heteroatoms. The zero-order chi connectivity index (χ0) is 15.5. The first-order valence-corrected chi connectivity index (χ1v) is 7.62. The predicted molar refractivity (Wildman–Crippen MR) is 88.9 cm³/mol. The maximum Gasteiger partial charge on any atom is 0.228 e. The molecule has 0 unspecified atom stereocenters. The Morgan fingerprint density at radius 2 is 1.73 bits per heavy atom. The van der Waals surface area contributed by atoms with Gasteiger partial charge in [0.15, 0.2) is 0 Å². The van der Waals surface area contributed by atoms with Gasteiger partial charge in [-0.05, 0) is 31.0 Å². The van der Waals surface area contributed by atoms with Gasteiger partial charge in [-0.1, -0.05) is 12.1 Å². The number of nitrogens with zero attached hydrogens (tertiary/aromatic N) is 4. The minimum Gasteiger partial charge on any atom is -0.481 e. The van der Waals surface area contributed by atoms with Crippen LogP contribution in [0.1, 0.15) is 11.1 Å². The Hall–Kier alpha value is -2.30. The molecule has 1 saturated heterocycles. The topological polar surface area (TPSA) is 41.5 Å². The number of benzene rings is 1. The Kier molecular flexibility index (Phi) is 4.13. The van der Waals surface area contributed by atoms with Crippen molar-refractivity contribution in [1.29, 1.82) is 0 Å². The van der Waals surface area contributed by atoms with Crippen molar-refractivity contribution in [3.8, 4) is 5.88 Å². The Morgan fingerprint density at radius 3 is 2.45 bits per heavy atom. The maximum atomic E-state index is 5.18. The van der Waals surface area contributed by atoms with Gasteiger partial charge in [0, 0.05) is 44.1 Å². The van der Waals surface area contributed by atoms with E-state index in [-0.39, 0.29) is 0 Å². The number of hydrogen-bond donors (Lipinski definition) is 0. The normalized spacial score (nSPS) is 15.0. The van der Waals surface area contributed by atoms with E-state index in [2.05, 4.69) is 51.8 Å². The summed E-state index contributed by atoms with van der Waals surface area (Å²) in [5.74, 6) is 1.36. The molecule has 1 aromatic heterocycles. The van der Waals surface area contributed by atoms with Gasteiger partial charge >= 0.3 is 0 Å². The van der Waals surface area contributed by atoms with Crippen molar-refractivity contribution in [3.05, 3.63) is 41.6 Å². The highest BCUT2D eigenvalue weighted by molar-refractivity contribution is 5.57. The van der Waals surface area contributed by atoms with Crippen LogP contribution >= 0.6 is 0 Å². The minimum atomic E-state index is 0.613. The van der Waals surface area contributed by atoms with E-state index in [9.17, 15) is 0 Å². The average Bonchev–Trinajstić information content (AvgIpc) is 2.58. The molecule has 0 aliphatic carbocycles. The van der Waals surface area contributed by atoms with Gasteiger partial charge in [-0.3, -0.25) is 0 Å². The van der Waals surface area contributed by atoms with E-state index < -0.39 is 0 Å². The van der Waals surface area contributed by atoms with Crippen molar-refractivity contribution in [2.75, 3.05) is 43.1 Å². The first-order chi connectivity index (χ1) is 10.7. The van der Waals surface area contributed by atoms with Crippen molar-refractivity contribution in [1.82, 2.24) is 9.97 Å². The van der Waals surface area contributed by atoms with E-state index in [0.717, 1.165) is 32.1 Å². The third-order valence-electron chi connectivity index (χ3n) is 4.31. The molecule has 0 amide bonds. The predicted octanol–water partition coefficient (Wildman–Crippen LogP) is 2.43. The fraction of sp³-hybridized carbons (Fsp3) is 0.412. The summed E-state index contributed by atoms with van der Waals surface area (Å²) in [4.78, 5) is 13.4. The molecule has 2 aromatic rings. The Morgan fingerprint density at radius 1 is 1.00 bits per heavy atom. The van der Waals surface area contributed by atoms with Gasteiger partial charge in [0.1, 0.15) is 0 Å². The van der Waals surface area contributed by atoms with Crippen LogP contribution in [0.15, 0.2) is 30.5 Å². The minimum absolute atomic E-state index is 0.613. The number of methoxy groups -OCH3 is 1. The first kappa shape index (κ1) is 14.6. The summed E-state index contributed by atoms with van der Waals surface area (Å²) >= 11 is 0. The molecule has 2 heterocycles. The molecule has 0 atom stereocenters. The third-order valence-corrected chi connectivity index (χ3v) is 4.31. The lowest BCUT2D eigenvalue weighted by Gasteiger charge is -2.37. The van der Waals surface area contributed by atoms with Crippen LogP contribution in [0, 0.1) is 13.8 Å². The molecule has 0 spiro atoms. The van der Waals surface area contributed by atoms with Gasteiger partial charge in [-0.2, -0.15) is 4.98 Å². The number of rotatable bonds is 3. The Balaban J connectivity index is 1.71. The van der Waals surface area contributed by atoms with Gasteiger partial charge in [0.05, 0.1) is 7.11 Å². The Labute approximate surface area is 131 Å². The molecule has 1 fully saturated rings. The molecule has 3 rings (SSSR count). The number of ether oxygens (including phenoxy) is 1. The van der Waals surface area contributed by atoms with Crippen LogP contribution in [0.5, 0.6) is 5.88 Å². The summed E-state index contributed by atoms with van der Waals surface area (Å²) in [5.41, 5.74) is 4.05. The fourth-order valence-corrected chi connectivity index (χ4v) is 2.82. The van der Waals surface area contributed by atoms with Gasteiger partial charge < -0.3 is 14.5 Å². The highest BCUT2D eigenvalue weighted by Crippen LogP contribution is 2.24. The highest BCUT2D eigenvalue weighted by Gasteiger charge is 2.20. The maximum absolute atomic E-state index is 5.18.